The first-order valence-electron chi connectivity index (χ1n) is 4.65. The van der Waals surface area contributed by atoms with Crippen molar-refractivity contribution in [3.63, 3.8) is 0 Å². The molecule has 0 aliphatic carbocycles. The lowest BCUT2D eigenvalue weighted by atomic mass is 9.95. The number of hydrogen-bond acceptors (Lipinski definition) is 2. The summed E-state index contributed by atoms with van der Waals surface area (Å²) in [5, 5.41) is 0. The molecule has 0 aromatic carbocycles. The summed E-state index contributed by atoms with van der Waals surface area (Å²) < 4.78 is 12.8. The summed E-state index contributed by atoms with van der Waals surface area (Å²) in [6, 6.07) is 0. The van der Waals surface area contributed by atoms with E-state index in [1.165, 1.54) is 8.88 Å². The Kier molecular flexibility index (Phi) is 54.4. The largest absolute Gasteiger partial charge is 0.162 e. The van der Waals surface area contributed by atoms with Crippen molar-refractivity contribution in [2.45, 2.75) is 64.8 Å². The summed E-state index contributed by atoms with van der Waals surface area (Å²) in [6.07, 6.45) is 3.23. The minimum Gasteiger partial charge on any atom is -0.162 e. The summed E-state index contributed by atoms with van der Waals surface area (Å²) in [6.45, 7) is 4.32. The Bertz CT molecular complexity index is 307. The van der Waals surface area contributed by atoms with Gasteiger partial charge in [-0.15, -0.1) is 9.45 Å². The summed E-state index contributed by atoms with van der Waals surface area (Å²) in [5.41, 5.74) is 0. The second-order valence-electron chi connectivity index (χ2n) is 3.48. The third-order valence-electron chi connectivity index (χ3n) is 2.32. The summed E-state index contributed by atoms with van der Waals surface area (Å²) >= 11 is 9.50. The molecule has 4 atom stereocenters. The zero-order valence-electron chi connectivity index (χ0n) is 9.10. The quantitative estimate of drug-likeness (QED) is 0.474. The highest BCUT2D eigenvalue weighted by molar-refractivity contribution is 8.58. The molecule has 0 aliphatic heterocycles. The normalized spacial score (nSPS) is 13.5. The van der Waals surface area contributed by atoms with Gasteiger partial charge in [-0.05, 0) is 58.2 Å². The topological polar surface area (TPSA) is 0 Å². The van der Waals surface area contributed by atoms with Gasteiger partial charge in [0.05, 0.1) is 9.84 Å². The molecule has 0 bridgehead atoms. The standard InChI is InChI=1S/C8H17FS6.6CH4/c1-4-8(6-15(9)11)7(2)5-14(3)13-12-10;;;;;;/h7-8H,4-6H2,1-3H3;6*1H4. The van der Waals surface area contributed by atoms with Gasteiger partial charge in [0.25, 0.3) is 0 Å². The summed E-state index contributed by atoms with van der Waals surface area (Å²) in [4.78, 5) is 0. The lowest BCUT2D eigenvalue weighted by Gasteiger charge is -2.21. The van der Waals surface area contributed by atoms with Gasteiger partial charge in [0.15, 0.2) is 0 Å². The molecule has 21 heavy (non-hydrogen) atoms. The first kappa shape index (κ1) is 43.3. The molecule has 0 aliphatic rings. The predicted molar refractivity (Wildman–Crippen MR) is 124 cm³/mol. The van der Waals surface area contributed by atoms with Crippen molar-refractivity contribution in [2.24, 2.45) is 11.8 Å². The Morgan fingerprint density at radius 3 is 1.76 bits per heavy atom. The van der Waals surface area contributed by atoms with Crippen LogP contribution >= 0.6 is 0 Å². The molecule has 0 saturated heterocycles. The fourth-order valence-corrected chi connectivity index (χ4v) is 9.03. The van der Waals surface area contributed by atoms with Gasteiger partial charge in [-0.2, -0.15) is 3.89 Å². The van der Waals surface area contributed by atoms with E-state index in [9.17, 15) is 3.89 Å². The van der Waals surface area contributed by atoms with Crippen molar-refractivity contribution in [1.82, 2.24) is 0 Å². The fourth-order valence-electron chi connectivity index (χ4n) is 1.43. The monoisotopic (exact) mass is 420 g/mol. The number of hydrogen-bond donors (Lipinski definition) is 0. The fraction of sp³-hybridized carbons (Fsp3) is 1.00. The van der Waals surface area contributed by atoms with E-state index in [4.69, 9.17) is 11.2 Å². The van der Waals surface area contributed by atoms with Crippen molar-refractivity contribution in [2.75, 3.05) is 17.8 Å². The van der Waals surface area contributed by atoms with E-state index >= 15 is 0 Å². The van der Waals surface area contributed by atoms with Gasteiger partial charge < -0.3 is 0 Å². The minimum atomic E-state index is -1.33. The third-order valence-corrected chi connectivity index (χ3v) is 10.1. The van der Waals surface area contributed by atoms with E-state index in [-0.39, 0.29) is 54.0 Å². The second-order valence-corrected chi connectivity index (χ2v) is 12.2. The Morgan fingerprint density at radius 2 is 1.48 bits per heavy atom. The minimum absolute atomic E-state index is 0. The van der Waals surface area contributed by atoms with Gasteiger partial charge in [0, 0.05) is 11.5 Å². The SMILES string of the molecule is C.C.C.C.C.C.CCC(CS(F)=S)C(C)CS(C)=S=S=S. The van der Waals surface area contributed by atoms with E-state index in [0.717, 1.165) is 12.2 Å². The van der Waals surface area contributed by atoms with Crippen molar-refractivity contribution >= 4 is 59.4 Å². The lowest BCUT2D eigenvalue weighted by molar-refractivity contribution is 0.419. The highest BCUT2D eigenvalue weighted by atomic mass is 33.2. The van der Waals surface area contributed by atoms with Crippen LogP contribution < -0.4 is 0 Å². The highest BCUT2D eigenvalue weighted by Gasteiger charge is 2.17. The third kappa shape index (κ3) is 23.9. The molecule has 0 N–H and O–H groups in total. The lowest BCUT2D eigenvalue weighted by Crippen LogP contribution is -2.21. The van der Waals surface area contributed by atoms with Gasteiger partial charge in [-0.1, -0.05) is 64.8 Å². The molecule has 0 heterocycles. The van der Waals surface area contributed by atoms with Crippen molar-refractivity contribution < 1.29 is 3.89 Å². The van der Waals surface area contributed by atoms with Crippen LogP contribution in [-0.2, 0) is 59.4 Å². The summed E-state index contributed by atoms with van der Waals surface area (Å²) in [7, 11) is 2.11. The van der Waals surface area contributed by atoms with Crippen LogP contribution in [0.5, 0.6) is 0 Å². The molecule has 0 saturated carbocycles. The molecular formula is C14H41FS6. The van der Waals surface area contributed by atoms with Crippen molar-refractivity contribution in [3.8, 4) is 0 Å². The zero-order valence-corrected chi connectivity index (χ0v) is 14.0. The molecule has 0 radical (unpaired) electrons. The first-order chi connectivity index (χ1) is 7.01. The van der Waals surface area contributed by atoms with Crippen LogP contribution in [0.4, 0.5) is 3.89 Å². The summed E-state index contributed by atoms with van der Waals surface area (Å²) in [5.74, 6) is 2.66. The highest BCUT2D eigenvalue weighted by Crippen LogP contribution is 2.18. The molecular weight excluding hydrogens is 380 g/mol. The van der Waals surface area contributed by atoms with Gasteiger partial charge in [-0.25, -0.2) is 0 Å². The Hall–Kier alpha value is 1.51. The van der Waals surface area contributed by atoms with Crippen LogP contribution in [0.25, 0.3) is 0 Å². The molecule has 0 nitrogen and oxygen atoms in total. The van der Waals surface area contributed by atoms with Crippen molar-refractivity contribution in [3.05, 3.63) is 0 Å². The smallest absolute Gasteiger partial charge is 0.0554 e. The van der Waals surface area contributed by atoms with E-state index in [2.05, 4.69) is 31.3 Å². The van der Waals surface area contributed by atoms with E-state index < -0.39 is 9.84 Å². The van der Waals surface area contributed by atoms with Crippen LogP contribution in [0.15, 0.2) is 0 Å². The average molecular weight is 421 g/mol. The molecule has 0 spiro atoms. The van der Waals surface area contributed by atoms with Crippen LogP contribution in [0.1, 0.15) is 64.8 Å². The van der Waals surface area contributed by atoms with Gasteiger partial charge in [0.2, 0.25) is 0 Å². The van der Waals surface area contributed by atoms with Gasteiger partial charge >= 0.3 is 0 Å². The maximum atomic E-state index is 12.8. The molecule has 4 unspecified atom stereocenters. The van der Waals surface area contributed by atoms with E-state index in [1.54, 1.807) is 8.88 Å². The Morgan fingerprint density at radius 1 is 1.05 bits per heavy atom. The Balaban J connectivity index is -0.0000000653. The molecule has 0 amide bonds. The predicted octanol–water partition coefficient (Wildman–Crippen LogP) is 6.14. The molecule has 7 heteroatoms. The first-order valence-corrected chi connectivity index (χ1v) is 12.3. The second kappa shape index (κ2) is 26.4. The Labute approximate surface area is 157 Å². The van der Waals surface area contributed by atoms with Crippen molar-refractivity contribution in [1.29, 1.82) is 0 Å². The van der Waals surface area contributed by atoms with E-state index in [0.29, 0.717) is 17.6 Å². The molecule has 0 rings (SSSR count). The maximum Gasteiger partial charge on any atom is 0.0554 e. The van der Waals surface area contributed by atoms with Crippen LogP contribution in [0.2, 0.25) is 0 Å². The molecule has 0 fully saturated rings. The average Bonchev–Trinajstić information content (AvgIpc) is 2.13. The van der Waals surface area contributed by atoms with E-state index in [1.807, 2.05) is 0 Å². The molecule has 0 aromatic rings. The number of halogens is 1. The maximum absolute atomic E-state index is 12.8. The number of rotatable bonds is 6. The van der Waals surface area contributed by atoms with Gasteiger partial charge in [0.1, 0.15) is 0 Å². The van der Waals surface area contributed by atoms with Crippen LogP contribution in [0.3, 0.4) is 0 Å². The van der Waals surface area contributed by atoms with Crippen LogP contribution in [0, 0.1) is 11.8 Å². The zero-order chi connectivity index (χ0) is 11.8. The van der Waals surface area contributed by atoms with Gasteiger partial charge in [-0.3, -0.25) is 0 Å². The van der Waals surface area contributed by atoms with Crippen LogP contribution in [-0.4, -0.2) is 17.8 Å². The molecule has 0 aromatic heterocycles. The molecule has 140 valence electrons.